The van der Waals surface area contributed by atoms with Gasteiger partial charge >= 0.3 is 0 Å². The maximum absolute atomic E-state index is 13.3. The Hall–Kier alpha value is -2.47. The summed E-state index contributed by atoms with van der Waals surface area (Å²) in [5.41, 5.74) is 2.78. The quantitative estimate of drug-likeness (QED) is 0.452. The van der Waals surface area contributed by atoms with Gasteiger partial charge in [-0.2, -0.15) is 0 Å². The number of hydrogen-bond donors (Lipinski definition) is 1. The Balaban J connectivity index is 1.65. The van der Waals surface area contributed by atoms with Gasteiger partial charge in [-0.25, -0.2) is 14.4 Å². The minimum atomic E-state index is -0.290. The average Bonchev–Trinajstić information content (AvgIpc) is 3.25. The number of aromatic nitrogens is 2. The van der Waals surface area contributed by atoms with Gasteiger partial charge < -0.3 is 5.32 Å². The zero-order valence-corrected chi connectivity index (χ0v) is 17.3. The van der Waals surface area contributed by atoms with Crippen molar-refractivity contribution >= 4 is 28.6 Å². The second kappa shape index (κ2) is 8.91. The molecular weight excluding hydrogens is 385 g/mol. The number of fused-ring (bicyclic) bond motifs is 1. The van der Waals surface area contributed by atoms with Crippen molar-refractivity contribution in [1.82, 2.24) is 15.3 Å². The number of nitrogens with one attached hydrogen (secondary N) is 1. The van der Waals surface area contributed by atoms with Gasteiger partial charge in [0.2, 0.25) is 5.91 Å². The number of aryl methyl sites for hydroxylation is 1. The van der Waals surface area contributed by atoms with E-state index in [9.17, 15) is 9.18 Å². The number of carbonyl (C=O) groups excluding carboxylic acids is 1. The van der Waals surface area contributed by atoms with E-state index in [1.807, 2.05) is 12.1 Å². The highest BCUT2D eigenvalue weighted by Crippen LogP contribution is 2.30. The first-order valence-electron chi connectivity index (χ1n) is 10.1. The Bertz CT molecular complexity index is 1020. The van der Waals surface area contributed by atoms with E-state index in [-0.39, 0.29) is 11.7 Å². The molecule has 0 atom stereocenters. The second-order valence-electron chi connectivity index (χ2n) is 7.36. The van der Waals surface area contributed by atoms with Crippen LogP contribution in [0.25, 0.3) is 22.3 Å². The molecular formula is C23H24FN3OS. The fraction of sp³-hybridized carbons (Fsp3) is 0.348. The maximum atomic E-state index is 13.3. The third kappa shape index (κ3) is 4.58. The van der Waals surface area contributed by atoms with E-state index in [4.69, 9.17) is 9.97 Å². The summed E-state index contributed by atoms with van der Waals surface area (Å²) < 4.78 is 13.3. The molecule has 1 N–H and O–H groups in total. The smallest absolute Gasteiger partial charge is 0.230 e. The molecule has 1 aliphatic rings. The van der Waals surface area contributed by atoms with Crippen LogP contribution in [0.5, 0.6) is 0 Å². The number of benzene rings is 2. The largest absolute Gasteiger partial charge is 0.353 e. The van der Waals surface area contributed by atoms with Gasteiger partial charge in [0.15, 0.2) is 5.82 Å². The predicted octanol–water partition coefficient (Wildman–Crippen LogP) is 5.15. The van der Waals surface area contributed by atoms with E-state index in [1.165, 1.54) is 36.7 Å². The molecule has 0 spiro atoms. The van der Waals surface area contributed by atoms with Gasteiger partial charge in [-0.15, -0.1) is 0 Å². The second-order valence-corrected chi connectivity index (χ2v) is 8.33. The molecule has 1 aliphatic carbocycles. The lowest BCUT2D eigenvalue weighted by molar-refractivity contribution is -0.119. The maximum Gasteiger partial charge on any atom is 0.230 e. The number of carbonyl (C=O) groups is 1. The van der Waals surface area contributed by atoms with Crippen molar-refractivity contribution in [2.45, 2.75) is 50.1 Å². The summed E-state index contributed by atoms with van der Waals surface area (Å²) in [5.74, 6) is 0.629. The highest BCUT2D eigenvalue weighted by atomic mass is 32.2. The lowest BCUT2D eigenvalue weighted by atomic mass is 10.1. The summed E-state index contributed by atoms with van der Waals surface area (Å²) in [4.78, 5) is 21.9. The van der Waals surface area contributed by atoms with E-state index in [0.29, 0.717) is 17.6 Å². The first-order valence-corrected chi connectivity index (χ1v) is 11.1. The van der Waals surface area contributed by atoms with Gasteiger partial charge in [0, 0.05) is 17.0 Å². The summed E-state index contributed by atoms with van der Waals surface area (Å²) in [6.07, 6.45) is 5.37. The summed E-state index contributed by atoms with van der Waals surface area (Å²) >= 11 is 1.44. The van der Waals surface area contributed by atoms with E-state index in [2.05, 4.69) is 18.3 Å². The van der Waals surface area contributed by atoms with Crippen LogP contribution in [-0.2, 0) is 11.2 Å². The Morgan fingerprint density at radius 1 is 1.14 bits per heavy atom. The van der Waals surface area contributed by atoms with Crippen LogP contribution in [0.2, 0.25) is 0 Å². The molecule has 2 aromatic carbocycles. The Kier molecular flexibility index (Phi) is 6.09. The average molecular weight is 410 g/mol. The Labute approximate surface area is 174 Å². The van der Waals surface area contributed by atoms with Crippen LogP contribution in [0.15, 0.2) is 47.5 Å². The van der Waals surface area contributed by atoms with Crippen LogP contribution < -0.4 is 5.32 Å². The molecule has 4 nitrogen and oxygen atoms in total. The lowest BCUT2D eigenvalue weighted by Crippen LogP contribution is -2.33. The van der Waals surface area contributed by atoms with Crippen LogP contribution in [0, 0.1) is 5.82 Å². The number of nitrogens with zero attached hydrogens (tertiary/aromatic N) is 2. The van der Waals surface area contributed by atoms with Crippen LogP contribution >= 0.6 is 11.8 Å². The number of hydrogen-bond acceptors (Lipinski definition) is 4. The van der Waals surface area contributed by atoms with Gasteiger partial charge in [-0.1, -0.05) is 49.7 Å². The van der Waals surface area contributed by atoms with Crippen molar-refractivity contribution in [3.8, 4) is 11.4 Å². The first-order chi connectivity index (χ1) is 14.1. The lowest BCUT2D eigenvalue weighted by Gasteiger charge is -2.13. The summed E-state index contributed by atoms with van der Waals surface area (Å²) in [6, 6.07) is 12.6. The third-order valence-electron chi connectivity index (χ3n) is 5.32. The first kappa shape index (κ1) is 19.8. The van der Waals surface area contributed by atoms with Crippen LogP contribution in [-0.4, -0.2) is 27.7 Å². The fourth-order valence-corrected chi connectivity index (χ4v) is 4.60. The van der Waals surface area contributed by atoms with Crippen molar-refractivity contribution < 1.29 is 9.18 Å². The molecule has 1 aromatic heterocycles. The van der Waals surface area contributed by atoms with Crippen LogP contribution in [0.1, 0.15) is 38.2 Å². The zero-order chi connectivity index (χ0) is 20.2. The highest BCUT2D eigenvalue weighted by molar-refractivity contribution is 8.00. The molecule has 0 bridgehead atoms. The molecule has 0 saturated heterocycles. The molecule has 150 valence electrons. The Morgan fingerprint density at radius 2 is 1.90 bits per heavy atom. The standard InChI is InChI=1S/C23H24FN3OS/c1-2-15-6-5-9-19-21(15)26-22(16-10-12-17(24)13-11-16)27-23(19)29-14-20(28)25-18-7-3-4-8-18/h5-6,9-13,18H,2-4,7-8,14H2,1H3,(H,25,28). The molecule has 1 amide bonds. The minimum absolute atomic E-state index is 0.0450. The molecule has 4 rings (SSSR count). The number of para-hydroxylation sites is 1. The van der Waals surface area contributed by atoms with Crippen molar-refractivity contribution in [3.05, 3.63) is 53.8 Å². The summed E-state index contributed by atoms with van der Waals surface area (Å²) in [6.45, 7) is 2.09. The van der Waals surface area contributed by atoms with Gasteiger partial charge in [-0.3, -0.25) is 4.79 Å². The van der Waals surface area contributed by atoms with Crippen LogP contribution in [0.3, 0.4) is 0 Å². The summed E-state index contributed by atoms with van der Waals surface area (Å²) in [7, 11) is 0. The summed E-state index contributed by atoms with van der Waals surface area (Å²) in [5, 5.41) is 4.86. The monoisotopic (exact) mass is 409 g/mol. The van der Waals surface area contributed by atoms with Crippen molar-refractivity contribution in [2.24, 2.45) is 0 Å². The molecule has 1 saturated carbocycles. The molecule has 1 fully saturated rings. The van der Waals surface area contributed by atoms with Gasteiger partial charge in [0.1, 0.15) is 10.8 Å². The van der Waals surface area contributed by atoms with E-state index < -0.39 is 0 Å². The normalized spacial score (nSPS) is 14.4. The van der Waals surface area contributed by atoms with E-state index in [0.717, 1.165) is 46.3 Å². The molecule has 0 unspecified atom stereocenters. The minimum Gasteiger partial charge on any atom is -0.353 e. The molecule has 29 heavy (non-hydrogen) atoms. The fourth-order valence-electron chi connectivity index (χ4n) is 3.78. The predicted molar refractivity (Wildman–Crippen MR) is 115 cm³/mol. The number of amides is 1. The molecule has 6 heteroatoms. The highest BCUT2D eigenvalue weighted by Gasteiger charge is 2.18. The van der Waals surface area contributed by atoms with Crippen molar-refractivity contribution in [2.75, 3.05) is 5.75 Å². The SMILES string of the molecule is CCc1cccc2c(SCC(=O)NC3CCCC3)nc(-c3ccc(F)cc3)nc12. The molecule has 3 aromatic rings. The number of rotatable bonds is 6. The van der Waals surface area contributed by atoms with Gasteiger partial charge in [0.25, 0.3) is 0 Å². The van der Waals surface area contributed by atoms with Crippen LogP contribution in [0.4, 0.5) is 4.39 Å². The van der Waals surface area contributed by atoms with E-state index in [1.54, 1.807) is 12.1 Å². The van der Waals surface area contributed by atoms with E-state index >= 15 is 0 Å². The third-order valence-corrected chi connectivity index (χ3v) is 6.31. The number of halogens is 1. The molecule has 1 heterocycles. The molecule has 0 aliphatic heterocycles. The zero-order valence-electron chi connectivity index (χ0n) is 16.5. The van der Waals surface area contributed by atoms with Gasteiger partial charge in [-0.05, 0) is 49.1 Å². The van der Waals surface area contributed by atoms with Gasteiger partial charge in [0.05, 0.1) is 11.3 Å². The molecule has 0 radical (unpaired) electrons. The Morgan fingerprint density at radius 3 is 2.62 bits per heavy atom. The van der Waals surface area contributed by atoms with Crippen molar-refractivity contribution in [3.63, 3.8) is 0 Å². The topological polar surface area (TPSA) is 54.9 Å². The van der Waals surface area contributed by atoms with Crippen molar-refractivity contribution in [1.29, 1.82) is 0 Å². The number of thioether (sulfide) groups is 1.